The van der Waals surface area contributed by atoms with E-state index in [1.807, 2.05) is 12.1 Å². The lowest BCUT2D eigenvalue weighted by Gasteiger charge is -2.09. The lowest BCUT2D eigenvalue weighted by molar-refractivity contribution is -0.110. The van der Waals surface area contributed by atoms with E-state index in [4.69, 9.17) is 0 Å². The third-order valence-corrected chi connectivity index (χ3v) is 4.57. The summed E-state index contributed by atoms with van der Waals surface area (Å²) in [4.78, 5) is 16.1. The lowest BCUT2D eigenvalue weighted by Crippen LogP contribution is -2.07. The van der Waals surface area contributed by atoms with E-state index in [-0.39, 0.29) is 5.91 Å². The van der Waals surface area contributed by atoms with Crippen LogP contribution in [0.1, 0.15) is 11.1 Å². The number of aromatic nitrogens is 1. The first-order chi connectivity index (χ1) is 14.1. The van der Waals surface area contributed by atoms with Crippen molar-refractivity contribution < 1.29 is 13.6 Å². The number of pyridine rings is 1. The Morgan fingerprint density at radius 3 is 2.79 bits per heavy atom. The Morgan fingerprint density at radius 2 is 2.00 bits per heavy atom. The Hall–Kier alpha value is -3.74. The number of anilines is 3. The summed E-state index contributed by atoms with van der Waals surface area (Å²) >= 11 is 0. The van der Waals surface area contributed by atoms with Crippen LogP contribution in [0.25, 0.3) is 5.57 Å². The monoisotopic (exact) mass is 392 g/mol. The summed E-state index contributed by atoms with van der Waals surface area (Å²) in [5.74, 6) is -1.19. The zero-order valence-electron chi connectivity index (χ0n) is 15.4. The van der Waals surface area contributed by atoms with Crippen LogP contribution in [0.4, 0.5) is 25.8 Å². The second-order valence-electron chi connectivity index (χ2n) is 6.58. The molecule has 0 saturated carbocycles. The van der Waals surface area contributed by atoms with Crippen LogP contribution in [0.3, 0.4) is 0 Å². The first kappa shape index (κ1) is 18.6. The van der Waals surface area contributed by atoms with Gasteiger partial charge >= 0.3 is 0 Å². The number of amides is 1. The molecule has 0 fully saturated rings. The molecule has 1 amide bonds. The van der Waals surface area contributed by atoms with Gasteiger partial charge in [-0.1, -0.05) is 6.07 Å². The third kappa shape index (κ3) is 4.24. The van der Waals surface area contributed by atoms with E-state index in [0.29, 0.717) is 34.7 Å². The van der Waals surface area contributed by atoms with E-state index < -0.39 is 11.6 Å². The summed E-state index contributed by atoms with van der Waals surface area (Å²) in [6, 6.07) is 12.6. The number of rotatable bonds is 6. The minimum Gasteiger partial charge on any atom is -0.382 e. The van der Waals surface area contributed by atoms with Crippen LogP contribution in [-0.4, -0.2) is 17.4 Å². The quantitative estimate of drug-likeness (QED) is 0.544. The Kier molecular flexibility index (Phi) is 5.20. The zero-order valence-corrected chi connectivity index (χ0v) is 15.4. The number of carbonyl (C=O) groups excluding carboxylic acids is 1. The second kappa shape index (κ2) is 8.10. The van der Waals surface area contributed by atoms with Gasteiger partial charge in [-0.15, -0.1) is 0 Å². The molecule has 4 rings (SSSR count). The Bertz CT molecular complexity index is 1080. The molecule has 3 aromatic rings. The van der Waals surface area contributed by atoms with Gasteiger partial charge in [0.25, 0.3) is 5.91 Å². The number of nitrogens with one attached hydrogen (secondary N) is 3. The summed E-state index contributed by atoms with van der Waals surface area (Å²) in [7, 11) is 0. The van der Waals surface area contributed by atoms with E-state index in [1.165, 1.54) is 30.5 Å². The van der Waals surface area contributed by atoms with Crippen LogP contribution >= 0.6 is 0 Å². The van der Waals surface area contributed by atoms with E-state index in [0.717, 1.165) is 12.0 Å². The summed E-state index contributed by atoms with van der Waals surface area (Å²) in [5, 5.41) is 8.63. The first-order valence-corrected chi connectivity index (χ1v) is 9.10. The van der Waals surface area contributed by atoms with Gasteiger partial charge in [-0.25, -0.2) is 8.78 Å². The molecular formula is C22H18F2N4O. The highest BCUT2D eigenvalue weighted by Crippen LogP contribution is 2.32. The van der Waals surface area contributed by atoms with Crippen molar-refractivity contribution in [2.45, 2.75) is 6.42 Å². The predicted molar refractivity (Wildman–Crippen MR) is 109 cm³/mol. The minimum absolute atomic E-state index is 0.290. The fraction of sp³-hybridized carbons (Fsp3) is 0.0909. The molecule has 0 unspecified atom stereocenters. The van der Waals surface area contributed by atoms with Crippen molar-refractivity contribution in [3.05, 3.63) is 89.9 Å². The van der Waals surface area contributed by atoms with Crippen molar-refractivity contribution >= 4 is 28.5 Å². The van der Waals surface area contributed by atoms with Crippen LogP contribution in [0.5, 0.6) is 0 Å². The largest absolute Gasteiger partial charge is 0.382 e. The Morgan fingerprint density at radius 1 is 1.10 bits per heavy atom. The van der Waals surface area contributed by atoms with Crippen LogP contribution in [-0.2, 0) is 11.2 Å². The molecule has 1 aliphatic rings. The van der Waals surface area contributed by atoms with E-state index >= 15 is 0 Å². The molecule has 1 aromatic heterocycles. The number of fused-ring (bicyclic) bond motifs is 1. The van der Waals surface area contributed by atoms with Crippen molar-refractivity contribution in [1.82, 2.24) is 4.98 Å². The molecule has 5 nitrogen and oxygen atoms in total. The molecule has 0 saturated heterocycles. The van der Waals surface area contributed by atoms with Crippen LogP contribution < -0.4 is 16.0 Å². The number of carbonyl (C=O) groups is 1. The molecular weight excluding hydrogens is 374 g/mol. The molecule has 3 N–H and O–H groups in total. The Labute approximate surface area is 166 Å². The van der Waals surface area contributed by atoms with Crippen LogP contribution in [0.15, 0.2) is 67.1 Å². The van der Waals surface area contributed by atoms with Crippen molar-refractivity contribution in [1.29, 1.82) is 0 Å². The fourth-order valence-electron chi connectivity index (χ4n) is 3.09. The van der Waals surface area contributed by atoms with Gasteiger partial charge in [-0.3, -0.25) is 9.78 Å². The van der Waals surface area contributed by atoms with Gasteiger partial charge in [0.1, 0.15) is 11.6 Å². The number of nitrogens with zero attached hydrogens (tertiary/aromatic N) is 1. The van der Waals surface area contributed by atoms with Gasteiger partial charge in [0, 0.05) is 42.1 Å². The zero-order chi connectivity index (χ0) is 20.2. The molecule has 0 atom stereocenters. The highest BCUT2D eigenvalue weighted by Gasteiger charge is 2.24. The summed E-state index contributed by atoms with van der Waals surface area (Å²) < 4.78 is 27.9. The van der Waals surface area contributed by atoms with E-state index in [1.54, 1.807) is 24.5 Å². The number of hydrogen-bond donors (Lipinski definition) is 3. The topological polar surface area (TPSA) is 66.1 Å². The number of hydrogen-bond acceptors (Lipinski definition) is 4. The molecule has 2 heterocycles. The number of halogens is 2. The molecule has 1 aliphatic heterocycles. The van der Waals surface area contributed by atoms with Gasteiger partial charge in [0.2, 0.25) is 0 Å². The van der Waals surface area contributed by atoms with Gasteiger partial charge in [-0.05, 0) is 54.4 Å². The summed E-state index contributed by atoms with van der Waals surface area (Å²) in [6.45, 7) is 0.571. The average Bonchev–Trinajstić information content (AvgIpc) is 3.03. The summed E-state index contributed by atoms with van der Waals surface area (Å²) in [6.07, 6.45) is 5.67. The van der Waals surface area contributed by atoms with Gasteiger partial charge in [-0.2, -0.15) is 0 Å². The molecule has 146 valence electrons. The maximum atomic E-state index is 14.4. The Balaban J connectivity index is 1.42. The van der Waals surface area contributed by atoms with Crippen molar-refractivity contribution in [2.75, 3.05) is 22.5 Å². The van der Waals surface area contributed by atoms with Crippen LogP contribution in [0.2, 0.25) is 0 Å². The molecule has 2 aromatic carbocycles. The molecule has 0 radical (unpaired) electrons. The molecule has 7 heteroatoms. The smallest absolute Gasteiger partial charge is 0.257 e. The van der Waals surface area contributed by atoms with E-state index in [9.17, 15) is 13.6 Å². The standard InChI is InChI=1S/C22H18F2N4O/c23-15-3-5-20-17(10-15)18(22(29)28-20)13-27-16-4-6-21(19(24)11-16)26-9-7-14-2-1-8-25-12-14/h1-6,8,10-13,26-27H,7,9H2,(H,28,29)/b18-13+. The highest BCUT2D eigenvalue weighted by atomic mass is 19.1. The van der Waals surface area contributed by atoms with Gasteiger partial charge in [0.15, 0.2) is 0 Å². The maximum Gasteiger partial charge on any atom is 0.257 e. The lowest BCUT2D eigenvalue weighted by atomic mass is 10.1. The normalized spacial score (nSPS) is 13.9. The molecule has 0 bridgehead atoms. The summed E-state index contributed by atoms with van der Waals surface area (Å²) in [5.41, 5.74) is 3.24. The molecule has 0 spiro atoms. The van der Waals surface area contributed by atoms with E-state index in [2.05, 4.69) is 20.9 Å². The first-order valence-electron chi connectivity index (χ1n) is 9.10. The number of benzene rings is 2. The molecule has 29 heavy (non-hydrogen) atoms. The second-order valence-corrected chi connectivity index (χ2v) is 6.58. The van der Waals surface area contributed by atoms with Gasteiger partial charge < -0.3 is 16.0 Å². The maximum absolute atomic E-state index is 14.4. The van der Waals surface area contributed by atoms with Crippen molar-refractivity contribution in [3.63, 3.8) is 0 Å². The average molecular weight is 392 g/mol. The molecule has 0 aliphatic carbocycles. The fourth-order valence-corrected chi connectivity index (χ4v) is 3.09. The van der Waals surface area contributed by atoms with Crippen molar-refractivity contribution in [3.8, 4) is 0 Å². The highest BCUT2D eigenvalue weighted by molar-refractivity contribution is 6.31. The third-order valence-electron chi connectivity index (χ3n) is 4.57. The minimum atomic E-state index is -0.432. The van der Waals surface area contributed by atoms with Crippen molar-refractivity contribution in [2.24, 2.45) is 0 Å². The van der Waals surface area contributed by atoms with Crippen LogP contribution in [0, 0.1) is 11.6 Å². The predicted octanol–water partition coefficient (Wildman–Crippen LogP) is 4.42. The van der Waals surface area contributed by atoms with Gasteiger partial charge in [0.05, 0.1) is 11.3 Å². The SMILES string of the molecule is O=C1Nc2ccc(F)cc2/C1=C\Nc1ccc(NCCc2cccnc2)c(F)c1.